The van der Waals surface area contributed by atoms with Crippen molar-refractivity contribution in [3.63, 3.8) is 0 Å². The molecule has 1 fully saturated rings. The van der Waals surface area contributed by atoms with Gasteiger partial charge in [-0.2, -0.15) is 5.26 Å². The van der Waals surface area contributed by atoms with Crippen LogP contribution >= 0.6 is 11.3 Å². The van der Waals surface area contributed by atoms with Gasteiger partial charge in [0, 0.05) is 36.7 Å². The van der Waals surface area contributed by atoms with Crippen LogP contribution in [0.4, 0.5) is 16.6 Å². The van der Waals surface area contributed by atoms with Crippen molar-refractivity contribution in [2.45, 2.75) is 12.5 Å². The lowest BCUT2D eigenvalue weighted by Crippen LogP contribution is -2.22. The average Bonchev–Trinajstić information content (AvgIpc) is 3.23. The number of thiazole rings is 1. The fraction of sp³-hybridized carbons (Fsp3) is 0.250. The molecule has 0 aromatic carbocycles. The number of anilines is 3. The number of rotatable bonds is 4. The van der Waals surface area contributed by atoms with Crippen LogP contribution in [0.5, 0.6) is 0 Å². The Balaban J connectivity index is 1.53. The number of pyridine rings is 2. The summed E-state index contributed by atoms with van der Waals surface area (Å²) in [6.07, 6.45) is 4.45. The maximum absolute atomic E-state index is 8.94. The lowest BCUT2D eigenvalue weighted by Gasteiger charge is -2.13. The van der Waals surface area contributed by atoms with Crippen molar-refractivity contribution >= 4 is 38.3 Å². The van der Waals surface area contributed by atoms with E-state index in [2.05, 4.69) is 37.0 Å². The lowest BCUT2D eigenvalue weighted by molar-refractivity contribution is 0.793. The molecule has 1 saturated heterocycles. The molecule has 7 nitrogen and oxygen atoms in total. The Morgan fingerprint density at radius 3 is 3.12 bits per heavy atom. The van der Waals surface area contributed by atoms with E-state index >= 15 is 0 Å². The zero-order valence-electron chi connectivity index (χ0n) is 12.8. The quantitative estimate of drug-likeness (QED) is 0.672. The monoisotopic (exact) mass is 337 g/mol. The van der Waals surface area contributed by atoms with Crippen LogP contribution in [-0.2, 0) is 0 Å². The molecule has 1 aliphatic rings. The second-order valence-electron chi connectivity index (χ2n) is 5.57. The Bertz CT molecular complexity index is 908. The third-order valence-electron chi connectivity index (χ3n) is 3.80. The van der Waals surface area contributed by atoms with E-state index in [-0.39, 0.29) is 0 Å². The topological polar surface area (TPSA) is 98.5 Å². The van der Waals surface area contributed by atoms with Crippen molar-refractivity contribution in [3.8, 4) is 6.07 Å². The highest BCUT2D eigenvalue weighted by atomic mass is 32.1. The molecule has 0 saturated carbocycles. The van der Waals surface area contributed by atoms with Gasteiger partial charge in [0.15, 0.2) is 5.13 Å². The average molecular weight is 337 g/mol. The third-order valence-corrected chi connectivity index (χ3v) is 4.70. The van der Waals surface area contributed by atoms with Crippen LogP contribution in [0.3, 0.4) is 0 Å². The van der Waals surface area contributed by atoms with Crippen LogP contribution in [0.25, 0.3) is 10.3 Å². The van der Waals surface area contributed by atoms with Gasteiger partial charge in [-0.05, 0) is 25.1 Å². The fourth-order valence-corrected chi connectivity index (χ4v) is 3.45. The zero-order valence-corrected chi connectivity index (χ0v) is 13.6. The van der Waals surface area contributed by atoms with Gasteiger partial charge < -0.3 is 16.0 Å². The minimum absolute atomic E-state index is 0.455. The van der Waals surface area contributed by atoms with Crippen molar-refractivity contribution in [3.05, 3.63) is 36.2 Å². The number of nitriles is 1. The van der Waals surface area contributed by atoms with Crippen LogP contribution in [0.2, 0.25) is 0 Å². The largest absolute Gasteiger partial charge is 0.381 e. The first-order chi connectivity index (χ1) is 11.8. The smallest absolute Gasteiger partial charge is 0.190 e. The Labute approximate surface area is 142 Å². The van der Waals surface area contributed by atoms with Crippen molar-refractivity contribution in [2.75, 3.05) is 23.7 Å². The second kappa shape index (κ2) is 6.39. The second-order valence-corrected chi connectivity index (χ2v) is 6.55. The molecule has 1 atom stereocenters. The van der Waals surface area contributed by atoms with Gasteiger partial charge in [0.05, 0.1) is 5.56 Å². The summed E-state index contributed by atoms with van der Waals surface area (Å²) >= 11 is 1.44. The molecule has 120 valence electrons. The van der Waals surface area contributed by atoms with Gasteiger partial charge in [0.2, 0.25) is 0 Å². The Morgan fingerprint density at radius 2 is 2.29 bits per heavy atom. The molecular formula is C16H15N7S. The molecule has 0 bridgehead atoms. The number of hydrogen-bond acceptors (Lipinski definition) is 8. The summed E-state index contributed by atoms with van der Waals surface area (Å²) in [6.45, 7) is 2.03. The molecule has 3 aromatic heterocycles. The molecule has 24 heavy (non-hydrogen) atoms. The molecule has 0 amide bonds. The summed E-state index contributed by atoms with van der Waals surface area (Å²) in [6, 6.07) is 8.20. The number of nitrogens with zero attached hydrogens (tertiary/aromatic N) is 4. The Morgan fingerprint density at radius 1 is 1.33 bits per heavy atom. The van der Waals surface area contributed by atoms with E-state index in [1.165, 1.54) is 11.3 Å². The van der Waals surface area contributed by atoms with Crippen LogP contribution in [-0.4, -0.2) is 34.1 Å². The van der Waals surface area contributed by atoms with E-state index < -0.39 is 0 Å². The third kappa shape index (κ3) is 3.13. The summed E-state index contributed by atoms with van der Waals surface area (Å²) < 4.78 is 0. The van der Waals surface area contributed by atoms with E-state index in [4.69, 9.17) is 5.26 Å². The van der Waals surface area contributed by atoms with E-state index in [1.54, 1.807) is 18.5 Å². The molecule has 1 unspecified atom stereocenters. The zero-order chi connectivity index (χ0) is 16.4. The molecule has 0 radical (unpaired) electrons. The summed E-state index contributed by atoms with van der Waals surface area (Å²) in [4.78, 5) is 13.9. The summed E-state index contributed by atoms with van der Waals surface area (Å²) in [5.74, 6) is 0.727. The highest BCUT2D eigenvalue weighted by Crippen LogP contribution is 2.27. The minimum Gasteiger partial charge on any atom is -0.381 e. The van der Waals surface area contributed by atoms with E-state index in [9.17, 15) is 0 Å². The van der Waals surface area contributed by atoms with E-state index in [0.717, 1.165) is 35.8 Å². The van der Waals surface area contributed by atoms with Crippen LogP contribution in [0, 0.1) is 11.3 Å². The Hall–Kier alpha value is -2.76. The van der Waals surface area contributed by atoms with Crippen molar-refractivity contribution in [2.24, 2.45) is 0 Å². The predicted molar refractivity (Wildman–Crippen MR) is 94.5 cm³/mol. The van der Waals surface area contributed by atoms with E-state index in [1.807, 2.05) is 12.1 Å². The first-order valence-electron chi connectivity index (χ1n) is 7.67. The first-order valence-corrected chi connectivity index (χ1v) is 8.49. The number of hydrogen-bond donors (Lipinski definition) is 3. The summed E-state index contributed by atoms with van der Waals surface area (Å²) in [5.41, 5.74) is 2.26. The van der Waals surface area contributed by atoms with Crippen molar-refractivity contribution < 1.29 is 0 Å². The van der Waals surface area contributed by atoms with E-state index in [0.29, 0.717) is 22.3 Å². The SMILES string of the molecule is N#Cc1cnc2sc(Nc3cc(NC4CCNC4)ccn3)nc2c1. The standard InChI is InChI=1S/C16H15N7S/c17-7-10-5-13-15(20-8-10)24-16(22-13)23-14-6-11(2-4-19-14)21-12-1-3-18-9-12/h2,4-6,8,12,18H,1,3,9H2,(H2,19,21,22,23). The van der Waals surface area contributed by atoms with Crippen molar-refractivity contribution in [1.82, 2.24) is 20.3 Å². The number of aromatic nitrogens is 3. The molecule has 3 N–H and O–H groups in total. The maximum Gasteiger partial charge on any atom is 0.190 e. The maximum atomic E-state index is 8.94. The molecule has 0 spiro atoms. The molecular weight excluding hydrogens is 322 g/mol. The lowest BCUT2D eigenvalue weighted by atomic mass is 10.2. The summed E-state index contributed by atoms with van der Waals surface area (Å²) in [7, 11) is 0. The Kier molecular flexibility index (Phi) is 3.94. The van der Waals surface area contributed by atoms with Crippen LogP contribution in [0.1, 0.15) is 12.0 Å². The fourth-order valence-electron chi connectivity index (χ4n) is 2.65. The van der Waals surface area contributed by atoms with Gasteiger partial charge >= 0.3 is 0 Å². The summed E-state index contributed by atoms with van der Waals surface area (Å²) in [5, 5.41) is 19.7. The molecule has 1 aliphatic heterocycles. The normalized spacial score (nSPS) is 16.9. The van der Waals surface area contributed by atoms with Crippen LogP contribution < -0.4 is 16.0 Å². The van der Waals surface area contributed by atoms with Gasteiger partial charge in [-0.25, -0.2) is 15.0 Å². The molecule has 8 heteroatoms. The van der Waals surface area contributed by atoms with Gasteiger partial charge in [0.25, 0.3) is 0 Å². The minimum atomic E-state index is 0.455. The van der Waals surface area contributed by atoms with Crippen molar-refractivity contribution in [1.29, 1.82) is 5.26 Å². The molecule has 4 rings (SSSR count). The van der Waals surface area contributed by atoms with Crippen LogP contribution in [0.15, 0.2) is 30.6 Å². The van der Waals surface area contributed by atoms with Gasteiger partial charge in [-0.1, -0.05) is 11.3 Å². The van der Waals surface area contributed by atoms with Gasteiger partial charge in [-0.3, -0.25) is 0 Å². The molecule has 3 aromatic rings. The molecule has 0 aliphatic carbocycles. The molecule has 4 heterocycles. The van der Waals surface area contributed by atoms with Gasteiger partial charge in [-0.15, -0.1) is 0 Å². The number of fused-ring (bicyclic) bond motifs is 1. The van der Waals surface area contributed by atoms with Gasteiger partial charge in [0.1, 0.15) is 22.2 Å². The predicted octanol–water partition coefficient (Wildman–Crippen LogP) is 2.48. The first kappa shape index (κ1) is 14.8. The highest BCUT2D eigenvalue weighted by molar-refractivity contribution is 7.21. The number of nitrogens with one attached hydrogen (secondary N) is 3. The highest BCUT2D eigenvalue weighted by Gasteiger charge is 2.14.